The number of hydrogen-bond acceptors (Lipinski definition) is 4. The molecule has 1 fully saturated rings. The SMILES string of the molecule is O=C1CCC(NC(=O)NC(C(=O)O)c2cccs2)CN1. The van der Waals surface area contributed by atoms with E-state index in [0.717, 1.165) is 0 Å². The van der Waals surface area contributed by atoms with Crippen LogP contribution in [0.25, 0.3) is 0 Å². The molecule has 0 saturated carbocycles. The number of carbonyl (C=O) groups excluding carboxylic acids is 2. The Kier molecular flexibility index (Phi) is 4.57. The maximum atomic E-state index is 11.8. The molecule has 0 aliphatic carbocycles. The van der Waals surface area contributed by atoms with Gasteiger partial charge in [-0.2, -0.15) is 0 Å². The largest absolute Gasteiger partial charge is 0.479 e. The van der Waals surface area contributed by atoms with Gasteiger partial charge >= 0.3 is 12.0 Å². The first-order valence-corrected chi connectivity index (χ1v) is 7.04. The molecule has 20 heavy (non-hydrogen) atoms. The van der Waals surface area contributed by atoms with Gasteiger partial charge in [0.1, 0.15) is 0 Å². The van der Waals surface area contributed by atoms with Crippen molar-refractivity contribution < 1.29 is 19.5 Å². The molecule has 2 heterocycles. The van der Waals surface area contributed by atoms with Crippen LogP contribution in [0, 0.1) is 0 Å². The Morgan fingerprint density at radius 3 is 2.85 bits per heavy atom. The summed E-state index contributed by atoms with van der Waals surface area (Å²) in [6.45, 7) is 0.364. The van der Waals surface area contributed by atoms with Crippen LogP contribution in [0.1, 0.15) is 23.8 Å². The van der Waals surface area contributed by atoms with Gasteiger partial charge in [-0.25, -0.2) is 9.59 Å². The fraction of sp³-hybridized carbons (Fsp3) is 0.417. The van der Waals surface area contributed by atoms with E-state index in [1.54, 1.807) is 17.5 Å². The summed E-state index contributed by atoms with van der Waals surface area (Å²) < 4.78 is 0. The molecule has 8 heteroatoms. The number of aliphatic carboxylic acids is 1. The second-order valence-corrected chi connectivity index (χ2v) is 5.42. The van der Waals surface area contributed by atoms with E-state index in [4.69, 9.17) is 5.11 Å². The van der Waals surface area contributed by atoms with E-state index in [0.29, 0.717) is 24.3 Å². The fourth-order valence-corrected chi connectivity index (χ4v) is 2.69. The zero-order valence-electron chi connectivity index (χ0n) is 10.6. The van der Waals surface area contributed by atoms with Crippen molar-refractivity contribution in [2.24, 2.45) is 0 Å². The minimum absolute atomic E-state index is 0.0366. The number of carboxylic acids is 1. The van der Waals surface area contributed by atoms with Gasteiger partial charge in [-0.1, -0.05) is 6.07 Å². The van der Waals surface area contributed by atoms with Gasteiger partial charge in [0.2, 0.25) is 5.91 Å². The maximum Gasteiger partial charge on any atom is 0.331 e. The lowest BCUT2D eigenvalue weighted by atomic mass is 10.1. The van der Waals surface area contributed by atoms with Gasteiger partial charge in [-0.3, -0.25) is 4.79 Å². The van der Waals surface area contributed by atoms with E-state index in [1.165, 1.54) is 11.3 Å². The second kappa shape index (κ2) is 6.38. The standard InChI is InChI=1S/C12H15N3O4S/c16-9-4-3-7(6-13-9)14-12(19)15-10(11(17)18)8-2-1-5-20-8/h1-2,5,7,10H,3-4,6H2,(H,13,16)(H,17,18)(H2,14,15,19). The molecule has 3 amide bonds. The summed E-state index contributed by atoms with van der Waals surface area (Å²) in [7, 11) is 0. The third-order valence-electron chi connectivity index (χ3n) is 2.95. The molecule has 1 aliphatic heterocycles. The van der Waals surface area contributed by atoms with Crippen molar-refractivity contribution >= 4 is 29.2 Å². The molecule has 2 atom stereocenters. The smallest absolute Gasteiger partial charge is 0.331 e. The summed E-state index contributed by atoms with van der Waals surface area (Å²) in [5.74, 6) is -1.15. The van der Waals surface area contributed by atoms with Crippen LogP contribution >= 0.6 is 11.3 Å². The number of carbonyl (C=O) groups is 3. The topological polar surface area (TPSA) is 108 Å². The molecular formula is C12H15N3O4S. The first kappa shape index (κ1) is 14.3. The Labute approximate surface area is 119 Å². The van der Waals surface area contributed by atoms with E-state index in [2.05, 4.69) is 16.0 Å². The molecule has 0 radical (unpaired) electrons. The molecule has 0 aromatic carbocycles. The molecule has 2 rings (SSSR count). The number of rotatable bonds is 4. The van der Waals surface area contributed by atoms with E-state index in [1.807, 2.05) is 0 Å². The molecule has 7 nitrogen and oxygen atoms in total. The lowest BCUT2D eigenvalue weighted by Gasteiger charge is -2.24. The van der Waals surface area contributed by atoms with Gasteiger partial charge in [0.05, 0.1) is 0 Å². The van der Waals surface area contributed by atoms with Gasteiger partial charge in [0, 0.05) is 23.9 Å². The monoisotopic (exact) mass is 297 g/mol. The summed E-state index contributed by atoms with van der Waals surface area (Å²) in [5.41, 5.74) is 0. The number of thiophene rings is 1. The molecule has 1 aromatic heterocycles. The Bertz CT molecular complexity index is 493. The van der Waals surface area contributed by atoms with Crippen molar-refractivity contribution in [3.8, 4) is 0 Å². The fourth-order valence-electron chi connectivity index (χ4n) is 1.92. The molecule has 2 unspecified atom stereocenters. The summed E-state index contributed by atoms with van der Waals surface area (Å²) in [6.07, 6.45) is 0.911. The molecular weight excluding hydrogens is 282 g/mol. The maximum absolute atomic E-state index is 11.8. The molecule has 1 saturated heterocycles. The Morgan fingerprint density at radius 2 is 2.30 bits per heavy atom. The first-order valence-electron chi connectivity index (χ1n) is 6.16. The van der Waals surface area contributed by atoms with Crippen LogP contribution in [-0.4, -0.2) is 35.6 Å². The van der Waals surface area contributed by atoms with E-state index >= 15 is 0 Å². The van der Waals surface area contributed by atoms with Crippen molar-refractivity contribution in [3.63, 3.8) is 0 Å². The van der Waals surface area contributed by atoms with Crippen LogP contribution < -0.4 is 16.0 Å². The third kappa shape index (κ3) is 3.70. The lowest BCUT2D eigenvalue weighted by Crippen LogP contribution is -2.51. The Balaban J connectivity index is 1.89. The van der Waals surface area contributed by atoms with Crippen LogP contribution in [0.2, 0.25) is 0 Å². The summed E-state index contributed by atoms with van der Waals surface area (Å²) in [4.78, 5) is 34.5. The quantitative estimate of drug-likeness (QED) is 0.647. The Hall–Kier alpha value is -2.09. The van der Waals surface area contributed by atoms with Gasteiger partial charge < -0.3 is 21.1 Å². The second-order valence-electron chi connectivity index (χ2n) is 4.44. The number of hydrogen-bond donors (Lipinski definition) is 4. The average Bonchev–Trinajstić information content (AvgIpc) is 2.92. The number of piperidine rings is 1. The molecule has 108 valence electrons. The lowest BCUT2D eigenvalue weighted by molar-refractivity contribution is -0.139. The van der Waals surface area contributed by atoms with Gasteiger partial charge in [0.15, 0.2) is 6.04 Å². The molecule has 0 spiro atoms. The van der Waals surface area contributed by atoms with Crippen LogP contribution in [0.15, 0.2) is 17.5 Å². The number of urea groups is 1. The highest BCUT2D eigenvalue weighted by Crippen LogP contribution is 2.19. The molecule has 4 N–H and O–H groups in total. The number of nitrogens with one attached hydrogen (secondary N) is 3. The van der Waals surface area contributed by atoms with Crippen LogP contribution in [0.4, 0.5) is 4.79 Å². The minimum atomic E-state index is -1.11. The highest BCUT2D eigenvalue weighted by atomic mass is 32.1. The minimum Gasteiger partial charge on any atom is -0.479 e. The normalized spacial score (nSPS) is 19.8. The number of amides is 3. The van der Waals surface area contributed by atoms with Crippen molar-refractivity contribution in [2.75, 3.05) is 6.54 Å². The van der Waals surface area contributed by atoms with E-state index in [-0.39, 0.29) is 11.9 Å². The molecule has 0 bridgehead atoms. The Morgan fingerprint density at radius 1 is 1.50 bits per heavy atom. The van der Waals surface area contributed by atoms with Crippen LogP contribution in [0.3, 0.4) is 0 Å². The predicted octanol–water partition coefficient (Wildman–Crippen LogP) is 0.452. The van der Waals surface area contributed by atoms with Crippen molar-refractivity contribution in [3.05, 3.63) is 22.4 Å². The summed E-state index contributed by atoms with van der Waals surface area (Å²) in [5, 5.41) is 18.6. The first-order chi connectivity index (χ1) is 9.56. The predicted molar refractivity (Wildman–Crippen MR) is 72.4 cm³/mol. The van der Waals surface area contributed by atoms with E-state index in [9.17, 15) is 14.4 Å². The average molecular weight is 297 g/mol. The zero-order valence-corrected chi connectivity index (χ0v) is 11.4. The van der Waals surface area contributed by atoms with Crippen molar-refractivity contribution in [1.29, 1.82) is 0 Å². The molecule has 1 aliphatic rings. The van der Waals surface area contributed by atoms with Crippen molar-refractivity contribution in [2.45, 2.75) is 24.9 Å². The zero-order chi connectivity index (χ0) is 14.5. The summed E-state index contributed by atoms with van der Waals surface area (Å²) in [6, 6.07) is 1.60. The van der Waals surface area contributed by atoms with Gasteiger partial charge in [0.25, 0.3) is 0 Å². The number of carboxylic acid groups (broad SMARTS) is 1. The third-order valence-corrected chi connectivity index (χ3v) is 3.89. The summed E-state index contributed by atoms with van der Waals surface area (Å²) >= 11 is 1.27. The van der Waals surface area contributed by atoms with Crippen LogP contribution in [-0.2, 0) is 9.59 Å². The van der Waals surface area contributed by atoms with Crippen molar-refractivity contribution in [1.82, 2.24) is 16.0 Å². The van der Waals surface area contributed by atoms with Crippen LogP contribution in [0.5, 0.6) is 0 Å². The van der Waals surface area contributed by atoms with E-state index < -0.39 is 18.0 Å². The van der Waals surface area contributed by atoms with Gasteiger partial charge in [-0.15, -0.1) is 11.3 Å². The van der Waals surface area contributed by atoms with Gasteiger partial charge in [-0.05, 0) is 17.9 Å². The highest BCUT2D eigenvalue weighted by molar-refractivity contribution is 7.10. The highest BCUT2D eigenvalue weighted by Gasteiger charge is 2.25. The molecule has 1 aromatic rings.